The van der Waals surface area contributed by atoms with Crippen LogP contribution in [0, 0.1) is 0 Å². The highest BCUT2D eigenvalue weighted by molar-refractivity contribution is 9.10. The molecule has 24 heavy (non-hydrogen) atoms. The summed E-state index contributed by atoms with van der Waals surface area (Å²) in [5, 5.41) is 2.99. The molecule has 0 spiro atoms. The number of alkyl halides is 2. The number of rotatable bonds is 8. The van der Waals surface area contributed by atoms with Gasteiger partial charge in [0.15, 0.2) is 0 Å². The van der Waals surface area contributed by atoms with Crippen LogP contribution in [0.3, 0.4) is 0 Å². The lowest BCUT2D eigenvalue weighted by molar-refractivity contribution is 0.0787. The number of nitrogens with zero attached hydrogens (tertiary/aromatic N) is 2. The van der Waals surface area contributed by atoms with E-state index in [4.69, 9.17) is 4.74 Å². The molecule has 0 saturated heterocycles. The third kappa shape index (κ3) is 5.79. The highest BCUT2D eigenvalue weighted by Gasteiger charge is 2.14. The van der Waals surface area contributed by atoms with E-state index in [0.29, 0.717) is 18.8 Å². The van der Waals surface area contributed by atoms with E-state index in [9.17, 15) is 8.78 Å². The van der Waals surface area contributed by atoms with Crippen LogP contribution in [0.4, 0.5) is 14.7 Å². The van der Waals surface area contributed by atoms with Gasteiger partial charge in [-0.1, -0.05) is 28.1 Å². The third-order valence-corrected chi connectivity index (χ3v) is 3.69. The SMILES string of the molecule is CC(C)OCCCNc1nc(-c2ccc(Br)cc2)cc(C(F)F)n1. The van der Waals surface area contributed by atoms with Crippen LogP contribution >= 0.6 is 15.9 Å². The third-order valence-electron chi connectivity index (χ3n) is 3.16. The number of ether oxygens (including phenoxy) is 1. The lowest BCUT2D eigenvalue weighted by Crippen LogP contribution is -2.11. The van der Waals surface area contributed by atoms with Crippen LogP contribution in [0.5, 0.6) is 0 Å². The van der Waals surface area contributed by atoms with Crippen LogP contribution in [0.25, 0.3) is 11.3 Å². The highest BCUT2D eigenvalue weighted by atomic mass is 79.9. The van der Waals surface area contributed by atoms with Crippen molar-refractivity contribution >= 4 is 21.9 Å². The van der Waals surface area contributed by atoms with Crippen molar-refractivity contribution in [1.82, 2.24) is 9.97 Å². The molecule has 0 unspecified atom stereocenters. The fourth-order valence-electron chi connectivity index (χ4n) is 2.02. The predicted octanol–water partition coefficient (Wildman–Crippen LogP) is 5.07. The monoisotopic (exact) mass is 399 g/mol. The largest absolute Gasteiger partial charge is 0.379 e. The molecule has 7 heteroatoms. The fourth-order valence-corrected chi connectivity index (χ4v) is 2.28. The van der Waals surface area contributed by atoms with Gasteiger partial charge in [0.2, 0.25) is 5.95 Å². The topological polar surface area (TPSA) is 47.0 Å². The molecule has 1 heterocycles. The van der Waals surface area contributed by atoms with Gasteiger partial charge in [0.1, 0.15) is 5.69 Å². The standard InChI is InChI=1S/C17H20BrF2N3O/c1-11(2)24-9-3-8-21-17-22-14(10-15(23-17)16(19)20)12-4-6-13(18)7-5-12/h4-7,10-11,16H,3,8-9H2,1-2H3,(H,21,22,23). The summed E-state index contributed by atoms with van der Waals surface area (Å²) in [5.41, 5.74) is 0.936. The number of hydrogen-bond donors (Lipinski definition) is 1. The Labute approximate surface area is 148 Å². The lowest BCUT2D eigenvalue weighted by Gasteiger charge is -2.11. The van der Waals surface area contributed by atoms with Crippen molar-refractivity contribution in [3.63, 3.8) is 0 Å². The van der Waals surface area contributed by atoms with Crippen LogP contribution in [0.1, 0.15) is 32.4 Å². The zero-order valence-electron chi connectivity index (χ0n) is 13.6. The van der Waals surface area contributed by atoms with Gasteiger partial charge < -0.3 is 10.1 Å². The molecule has 0 aliphatic rings. The average Bonchev–Trinajstić information content (AvgIpc) is 2.54. The Morgan fingerprint density at radius 2 is 1.88 bits per heavy atom. The summed E-state index contributed by atoms with van der Waals surface area (Å²) in [6.45, 7) is 5.08. The molecule has 1 aromatic heterocycles. The van der Waals surface area contributed by atoms with E-state index < -0.39 is 6.43 Å². The van der Waals surface area contributed by atoms with Crippen molar-refractivity contribution in [3.8, 4) is 11.3 Å². The van der Waals surface area contributed by atoms with Crippen molar-refractivity contribution in [3.05, 3.63) is 40.5 Å². The summed E-state index contributed by atoms with van der Waals surface area (Å²) in [6, 6.07) is 8.65. The van der Waals surface area contributed by atoms with Gasteiger partial charge in [-0.05, 0) is 38.5 Å². The summed E-state index contributed by atoms with van der Waals surface area (Å²) < 4.78 is 32.5. The number of hydrogen-bond acceptors (Lipinski definition) is 4. The number of benzene rings is 1. The molecule has 4 nitrogen and oxygen atoms in total. The Hall–Kier alpha value is -1.60. The van der Waals surface area contributed by atoms with E-state index >= 15 is 0 Å². The van der Waals surface area contributed by atoms with E-state index in [1.54, 1.807) is 0 Å². The number of nitrogens with one attached hydrogen (secondary N) is 1. The summed E-state index contributed by atoms with van der Waals surface area (Å²) in [5.74, 6) is 0.204. The smallest absolute Gasteiger partial charge is 0.280 e. The highest BCUT2D eigenvalue weighted by Crippen LogP contribution is 2.25. The van der Waals surface area contributed by atoms with Crippen molar-refractivity contribution in [1.29, 1.82) is 0 Å². The second-order valence-corrected chi connectivity index (χ2v) is 6.42. The molecule has 0 aliphatic heterocycles. The quantitative estimate of drug-likeness (QED) is 0.629. The first-order chi connectivity index (χ1) is 11.5. The van der Waals surface area contributed by atoms with Crippen molar-refractivity contribution in [2.45, 2.75) is 32.8 Å². The minimum atomic E-state index is -2.65. The van der Waals surface area contributed by atoms with Gasteiger partial charge in [-0.25, -0.2) is 18.7 Å². The number of aromatic nitrogens is 2. The minimum absolute atomic E-state index is 0.174. The molecule has 0 amide bonds. The average molecular weight is 400 g/mol. The zero-order valence-corrected chi connectivity index (χ0v) is 15.2. The van der Waals surface area contributed by atoms with Gasteiger partial charge in [0.05, 0.1) is 11.8 Å². The summed E-state index contributed by atoms with van der Waals surface area (Å²) in [4.78, 5) is 8.22. The Balaban J connectivity index is 2.11. The van der Waals surface area contributed by atoms with Crippen LogP contribution < -0.4 is 5.32 Å². The molecule has 130 valence electrons. The molecule has 0 fully saturated rings. The molecule has 0 saturated carbocycles. The van der Waals surface area contributed by atoms with Gasteiger partial charge in [-0.2, -0.15) is 0 Å². The Morgan fingerprint density at radius 3 is 2.50 bits per heavy atom. The van der Waals surface area contributed by atoms with Crippen molar-refractivity contribution in [2.75, 3.05) is 18.5 Å². The van der Waals surface area contributed by atoms with Gasteiger partial charge in [0.25, 0.3) is 6.43 Å². The lowest BCUT2D eigenvalue weighted by atomic mass is 10.1. The Bertz CT molecular complexity index is 651. The first-order valence-electron chi connectivity index (χ1n) is 7.74. The van der Waals surface area contributed by atoms with Crippen LogP contribution in [0.15, 0.2) is 34.8 Å². The maximum Gasteiger partial charge on any atom is 0.280 e. The summed E-state index contributed by atoms with van der Waals surface area (Å²) >= 11 is 3.35. The van der Waals surface area contributed by atoms with E-state index in [1.807, 2.05) is 38.1 Å². The predicted molar refractivity (Wildman–Crippen MR) is 94.3 cm³/mol. The second kappa shape index (κ2) is 9.03. The molecular weight excluding hydrogens is 380 g/mol. The molecule has 0 atom stereocenters. The molecular formula is C17H20BrF2N3O. The molecule has 0 aliphatic carbocycles. The number of anilines is 1. The van der Waals surface area contributed by atoms with Crippen LogP contribution in [-0.4, -0.2) is 29.2 Å². The Kier molecular flexibility index (Phi) is 7.05. The van der Waals surface area contributed by atoms with Crippen molar-refractivity contribution < 1.29 is 13.5 Å². The van der Waals surface area contributed by atoms with Crippen LogP contribution in [0.2, 0.25) is 0 Å². The zero-order chi connectivity index (χ0) is 17.5. The van der Waals surface area contributed by atoms with E-state index in [-0.39, 0.29) is 17.7 Å². The molecule has 0 radical (unpaired) electrons. The molecule has 1 N–H and O–H groups in total. The van der Waals surface area contributed by atoms with Gasteiger partial charge in [-0.15, -0.1) is 0 Å². The maximum atomic E-state index is 13.1. The van der Waals surface area contributed by atoms with E-state index in [2.05, 4.69) is 31.2 Å². The normalized spacial score (nSPS) is 11.3. The first-order valence-corrected chi connectivity index (χ1v) is 8.53. The maximum absolute atomic E-state index is 13.1. The van der Waals surface area contributed by atoms with E-state index in [0.717, 1.165) is 16.5 Å². The molecule has 2 aromatic rings. The molecule has 2 rings (SSSR count). The summed E-state index contributed by atoms with van der Waals surface area (Å²) in [7, 11) is 0. The van der Waals surface area contributed by atoms with Crippen molar-refractivity contribution in [2.24, 2.45) is 0 Å². The first kappa shape index (κ1) is 18.7. The minimum Gasteiger partial charge on any atom is -0.379 e. The van der Waals surface area contributed by atoms with Gasteiger partial charge >= 0.3 is 0 Å². The molecule has 0 bridgehead atoms. The number of halogens is 3. The van der Waals surface area contributed by atoms with E-state index in [1.165, 1.54) is 6.07 Å². The van der Waals surface area contributed by atoms with Gasteiger partial charge in [-0.3, -0.25) is 0 Å². The second-order valence-electron chi connectivity index (χ2n) is 5.51. The summed E-state index contributed by atoms with van der Waals surface area (Å²) in [6.07, 6.45) is -1.73. The van der Waals surface area contributed by atoms with Gasteiger partial charge in [0, 0.05) is 23.2 Å². The fraction of sp³-hybridized carbons (Fsp3) is 0.412. The molecule has 1 aromatic carbocycles. The van der Waals surface area contributed by atoms with Crippen LogP contribution in [-0.2, 0) is 4.74 Å². The Morgan fingerprint density at radius 1 is 1.17 bits per heavy atom.